The van der Waals surface area contributed by atoms with E-state index in [0.717, 1.165) is 20.3 Å². The maximum atomic E-state index is 12.8. The first-order chi connectivity index (χ1) is 15.1. The summed E-state index contributed by atoms with van der Waals surface area (Å²) >= 11 is 0. The number of rotatable bonds is 7. The second kappa shape index (κ2) is 8.93. The molecule has 11 nitrogen and oxygen atoms in total. The molecule has 1 aromatic carbocycles. The molecule has 3 rings (SSSR count). The largest absolute Gasteiger partial charge is 0.465 e. The van der Waals surface area contributed by atoms with Crippen LogP contribution in [-0.2, 0) is 29.1 Å². The van der Waals surface area contributed by atoms with Gasteiger partial charge in [0.25, 0.3) is 5.69 Å². The number of nitro groups is 1. The van der Waals surface area contributed by atoms with Gasteiger partial charge in [0.2, 0.25) is 10.0 Å². The molecule has 0 atom stereocenters. The summed E-state index contributed by atoms with van der Waals surface area (Å²) < 4.78 is 37.7. The Labute approximate surface area is 184 Å². The number of esters is 2. The smallest absolute Gasteiger partial charge is 0.355 e. The normalized spacial score (nSPS) is 16.0. The number of methoxy groups -OCH3 is 2. The number of hydrogen-bond donors (Lipinski definition) is 1. The Morgan fingerprint density at radius 2 is 1.81 bits per heavy atom. The fraction of sp³-hybridized carbons (Fsp3) is 0.300. The van der Waals surface area contributed by atoms with Crippen LogP contribution < -0.4 is 9.62 Å². The molecule has 0 saturated heterocycles. The number of nitro benzene ring substituents is 1. The number of sulfonamides is 1. The lowest BCUT2D eigenvalue weighted by Crippen LogP contribution is -2.29. The van der Waals surface area contributed by atoms with Crippen LogP contribution in [0.4, 0.5) is 11.4 Å². The van der Waals surface area contributed by atoms with E-state index in [0.29, 0.717) is 12.8 Å². The lowest BCUT2D eigenvalue weighted by atomic mass is 10.1. The minimum atomic E-state index is -4.06. The van der Waals surface area contributed by atoms with E-state index in [2.05, 4.69) is 4.72 Å². The van der Waals surface area contributed by atoms with Crippen LogP contribution in [0, 0.1) is 17.0 Å². The van der Waals surface area contributed by atoms with Crippen LogP contribution in [-0.4, -0.2) is 45.5 Å². The van der Waals surface area contributed by atoms with Crippen molar-refractivity contribution in [2.75, 3.05) is 19.1 Å². The minimum Gasteiger partial charge on any atom is -0.465 e. The van der Waals surface area contributed by atoms with Gasteiger partial charge in [0, 0.05) is 18.3 Å². The van der Waals surface area contributed by atoms with Crippen LogP contribution in [0.3, 0.4) is 0 Å². The van der Waals surface area contributed by atoms with Crippen molar-refractivity contribution in [1.29, 1.82) is 0 Å². The zero-order chi connectivity index (χ0) is 23.6. The maximum absolute atomic E-state index is 12.8. The van der Waals surface area contributed by atoms with Gasteiger partial charge in [-0.05, 0) is 38.0 Å². The number of nitrogens with zero attached hydrogens (tertiary/aromatic N) is 2. The lowest BCUT2D eigenvalue weighted by Gasteiger charge is -2.25. The van der Waals surface area contributed by atoms with Crippen LogP contribution in [0.1, 0.15) is 18.4 Å². The molecule has 12 heteroatoms. The number of anilines is 1. The van der Waals surface area contributed by atoms with Crippen molar-refractivity contribution in [3.8, 4) is 0 Å². The number of nitrogens with one attached hydrogen (secondary N) is 1. The Hall–Kier alpha value is -3.51. The molecule has 1 fully saturated rings. The van der Waals surface area contributed by atoms with Gasteiger partial charge in [-0.1, -0.05) is 6.08 Å². The fourth-order valence-electron chi connectivity index (χ4n) is 3.09. The molecule has 0 spiro atoms. The second-order valence-electron chi connectivity index (χ2n) is 7.06. The monoisotopic (exact) mass is 463 g/mol. The first kappa shape index (κ1) is 23.2. The highest BCUT2D eigenvalue weighted by molar-refractivity contribution is 7.89. The van der Waals surface area contributed by atoms with Gasteiger partial charge in [0.15, 0.2) is 0 Å². The van der Waals surface area contributed by atoms with E-state index in [1.165, 1.54) is 42.3 Å². The van der Waals surface area contributed by atoms with E-state index in [9.17, 15) is 28.1 Å². The van der Waals surface area contributed by atoms with Gasteiger partial charge in [-0.25, -0.2) is 22.7 Å². The van der Waals surface area contributed by atoms with Crippen LogP contribution in [0.15, 0.2) is 52.7 Å². The van der Waals surface area contributed by atoms with Gasteiger partial charge in [0.1, 0.15) is 5.70 Å². The summed E-state index contributed by atoms with van der Waals surface area (Å²) in [6.07, 6.45) is 7.00. The minimum absolute atomic E-state index is 0.0112. The van der Waals surface area contributed by atoms with Gasteiger partial charge >= 0.3 is 11.9 Å². The van der Waals surface area contributed by atoms with E-state index in [1.54, 1.807) is 0 Å². The third-order valence-corrected chi connectivity index (χ3v) is 6.38. The Balaban J connectivity index is 2.29. The molecule has 0 radical (unpaired) electrons. The second-order valence-corrected chi connectivity index (χ2v) is 8.77. The quantitative estimate of drug-likeness (QED) is 0.363. The molecule has 0 amide bonds. The zero-order valence-electron chi connectivity index (χ0n) is 17.5. The van der Waals surface area contributed by atoms with Crippen LogP contribution >= 0.6 is 0 Å². The molecule has 1 aromatic rings. The zero-order valence-corrected chi connectivity index (χ0v) is 18.3. The molecule has 32 heavy (non-hydrogen) atoms. The van der Waals surface area contributed by atoms with Crippen molar-refractivity contribution in [2.24, 2.45) is 0 Å². The number of carbonyl (C=O) groups is 2. The van der Waals surface area contributed by atoms with E-state index < -0.39 is 32.6 Å². The summed E-state index contributed by atoms with van der Waals surface area (Å²) in [5.41, 5.74) is -0.829. The topological polar surface area (TPSA) is 145 Å². The van der Waals surface area contributed by atoms with E-state index in [-0.39, 0.29) is 33.5 Å². The highest BCUT2D eigenvalue weighted by Crippen LogP contribution is 2.36. The summed E-state index contributed by atoms with van der Waals surface area (Å²) in [5, 5.41) is 11.7. The number of carbonyl (C=O) groups excluding carboxylic acids is 2. The van der Waals surface area contributed by atoms with Gasteiger partial charge in [-0.2, -0.15) is 0 Å². The van der Waals surface area contributed by atoms with Gasteiger partial charge in [-0.15, -0.1) is 0 Å². The standard InChI is InChI=1S/C20H21N3O8S/c1-12-16(10-14(11-17(12)23(26)27)32(28,29)21-13-7-8-13)22-9-5-4-6-15(19(24)30-2)18(22)20(25)31-3/h4-6,9-11,13,21H,7-8H2,1-3H3. The number of benzene rings is 1. The molecular weight excluding hydrogens is 442 g/mol. The van der Waals surface area contributed by atoms with Crippen molar-refractivity contribution >= 4 is 33.3 Å². The molecule has 0 unspecified atom stereocenters. The van der Waals surface area contributed by atoms with E-state index in [1.807, 2.05) is 0 Å². The van der Waals surface area contributed by atoms with Crippen LogP contribution in [0.2, 0.25) is 0 Å². The third-order valence-electron chi connectivity index (χ3n) is 4.88. The van der Waals surface area contributed by atoms with E-state index >= 15 is 0 Å². The summed E-state index contributed by atoms with van der Waals surface area (Å²) in [6.45, 7) is 1.41. The average Bonchev–Trinajstić information content (AvgIpc) is 3.58. The van der Waals surface area contributed by atoms with Crippen molar-refractivity contribution in [3.63, 3.8) is 0 Å². The first-order valence-electron chi connectivity index (χ1n) is 9.47. The molecule has 0 aromatic heterocycles. The summed E-state index contributed by atoms with van der Waals surface area (Å²) in [6, 6.07) is 1.95. The Morgan fingerprint density at radius 1 is 1.16 bits per heavy atom. The number of allylic oxidation sites excluding steroid dienone is 2. The van der Waals surface area contributed by atoms with Crippen molar-refractivity contribution in [2.45, 2.75) is 30.7 Å². The van der Waals surface area contributed by atoms with Crippen LogP contribution in [0.25, 0.3) is 0 Å². The molecule has 170 valence electrons. The van der Waals surface area contributed by atoms with Gasteiger partial charge < -0.3 is 14.4 Å². The summed E-state index contributed by atoms with van der Waals surface area (Å²) in [7, 11) is -1.82. The Kier molecular flexibility index (Phi) is 6.46. The van der Waals surface area contributed by atoms with Gasteiger partial charge in [-0.3, -0.25) is 10.1 Å². The molecule has 1 N–H and O–H groups in total. The van der Waals surface area contributed by atoms with E-state index in [4.69, 9.17) is 9.47 Å². The predicted octanol–water partition coefficient (Wildman–Crippen LogP) is 1.83. The molecule has 1 aliphatic carbocycles. The number of ether oxygens (including phenoxy) is 2. The SMILES string of the molecule is COC(=O)C1=C(C(=O)OC)N(c2cc(S(=O)(=O)NC3CC3)cc([N+](=O)[O-])c2C)C=CC=C1. The summed E-state index contributed by atoms with van der Waals surface area (Å²) in [5.74, 6) is -1.77. The van der Waals surface area contributed by atoms with Crippen LogP contribution in [0.5, 0.6) is 0 Å². The molecular formula is C20H21N3O8S. The molecule has 1 saturated carbocycles. The molecule has 1 heterocycles. The predicted molar refractivity (Wildman–Crippen MR) is 113 cm³/mol. The Morgan fingerprint density at radius 3 is 2.38 bits per heavy atom. The van der Waals surface area contributed by atoms with Gasteiger partial charge in [0.05, 0.1) is 40.9 Å². The highest BCUT2D eigenvalue weighted by atomic mass is 32.2. The third kappa shape index (κ3) is 4.55. The average molecular weight is 463 g/mol. The lowest BCUT2D eigenvalue weighted by molar-refractivity contribution is -0.385. The molecule has 0 bridgehead atoms. The molecule has 1 aliphatic heterocycles. The highest BCUT2D eigenvalue weighted by Gasteiger charge is 2.33. The van der Waals surface area contributed by atoms with Crippen molar-refractivity contribution in [3.05, 3.63) is 63.5 Å². The maximum Gasteiger partial charge on any atom is 0.355 e. The molecule has 2 aliphatic rings. The van der Waals surface area contributed by atoms with Crippen molar-refractivity contribution < 1.29 is 32.4 Å². The fourth-order valence-corrected chi connectivity index (χ4v) is 4.44. The summed E-state index contributed by atoms with van der Waals surface area (Å²) in [4.78, 5) is 36.8. The number of hydrogen-bond acceptors (Lipinski definition) is 9. The van der Waals surface area contributed by atoms with Crippen molar-refractivity contribution in [1.82, 2.24) is 4.72 Å². The Bertz CT molecular complexity index is 1180. The first-order valence-corrected chi connectivity index (χ1v) is 11.0.